The highest BCUT2D eigenvalue weighted by Gasteiger charge is 2.21. The zero-order valence-corrected chi connectivity index (χ0v) is 21.3. The Kier molecular flexibility index (Phi) is 14.5. The number of hydrogen-bond donors (Lipinski definition) is 2. The van der Waals surface area contributed by atoms with Crippen molar-refractivity contribution >= 4 is 18.2 Å². The molecule has 5 atom stereocenters. The van der Waals surface area contributed by atoms with Crippen molar-refractivity contribution in [2.45, 2.75) is 90.6 Å². The Hall–Kier alpha value is -2.77. The third kappa shape index (κ3) is 13.6. The van der Waals surface area contributed by atoms with Gasteiger partial charge in [0.25, 0.3) is 0 Å². The Bertz CT molecular complexity index is 834. The lowest BCUT2D eigenvalue weighted by atomic mass is 9.96. The van der Waals surface area contributed by atoms with Crippen LogP contribution in [0.15, 0.2) is 59.8 Å². The molecule has 0 aliphatic carbocycles. The molecule has 1 aliphatic heterocycles. The van der Waals surface area contributed by atoms with Crippen molar-refractivity contribution in [3.05, 3.63) is 59.8 Å². The maximum Gasteiger partial charge on any atom is 0.330 e. The van der Waals surface area contributed by atoms with Gasteiger partial charge in [-0.05, 0) is 51.5 Å². The van der Waals surface area contributed by atoms with E-state index in [0.29, 0.717) is 44.1 Å². The van der Waals surface area contributed by atoms with Crippen molar-refractivity contribution < 1.29 is 34.1 Å². The van der Waals surface area contributed by atoms with Crippen LogP contribution in [0.1, 0.15) is 66.2 Å². The molecule has 2 N–H and O–H groups in total. The molecule has 0 amide bonds. The van der Waals surface area contributed by atoms with E-state index in [1.807, 2.05) is 32.1 Å². The van der Waals surface area contributed by atoms with Gasteiger partial charge in [-0.15, -0.1) is 0 Å². The Morgan fingerprint density at radius 1 is 1.17 bits per heavy atom. The highest BCUT2D eigenvalue weighted by molar-refractivity contribution is 5.82. The summed E-state index contributed by atoms with van der Waals surface area (Å²) >= 11 is 0. The quantitative estimate of drug-likeness (QED) is 0.263. The van der Waals surface area contributed by atoms with Gasteiger partial charge in [0, 0.05) is 25.3 Å². The molecule has 0 aromatic rings. The van der Waals surface area contributed by atoms with Gasteiger partial charge in [0.2, 0.25) is 0 Å². The van der Waals surface area contributed by atoms with E-state index in [0.717, 1.165) is 11.9 Å². The van der Waals surface area contributed by atoms with Crippen molar-refractivity contribution in [2.24, 2.45) is 5.92 Å². The van der Waals surface area contributed by atoms with Crippen molar-refractivity contribution in [3.8, 4) is 0 Å². The molecule has 1 rings (SSSR count). The number of aliphatic hydroxyl groups excluding tert-OH is 2. The second-order valence-corrected chi connectivity index (χ2v) is 9.01. The Morgan fingerprint density at radius 3 is 2.60 bits per heavy atom. The summed E-state index contributed by atoms with van der Waals surface area (Å²) in [7, 11) is 0. The molecule has 194 valence electrons. The van der Waals surface area contributed by atoms with Crippen LogP contribution >= 0.6 is 0 Å². The SMILES string of the molecule is CC(=O)OC1CC/C=C/C=C(\C)CC(C(C)/C=C(\C)C=O)OC(=O)/C=C/CCCC(O)/C=C/C1O. The summed E-state index contributed by atoms with van der Waals surface area (Å²) in [6.07, 6.45) is 14.5. The lowest BCUT2D eigenvalue weighted by Crippen LogP contribution is -2.29. The fourth-order valence-corrected chi connectivity index (χ4v) is 3.66. The fourth-order valence-electron chi connectivity index (χ4n) is 3.66. The number of carbonyl (C=O) groups excluding carboxylic acids is 3. The highest BCUT2D eigenvalue weighted by Crippen LogP contribution is 2.20. The lowest BCUT2D eigenvalue weighted by molar-refractivity contribution is -0.151. The van der Waals surface area contributed by atoms with Gasteiger partial charge < -0.3 is 19.7 Å². The van der Waals surface area contributed by atoms with Gasteiger partial charge in [-0.2, -0.15) is 0 Å². The van der Waals surface area contributed by atoms with Gasteiger partial charge in [-0.1, -0.05) is 55.0 Å². The largest absolute Gasteiger partial charge is 0.459 e. The van der Waals surface area contributed by atoms with Crippen molar-refractivity contribution in [2.75, 3.05) is 0 Å². The summed E-state index contributed by atoms with van der Waals surface area (Å²) < 4.78 is 11.0. The molecule has 0 radical (unpaired) electrons. The normalized spacial score (nSPS) is 31.1. The van der Waals surface area contributed by atoms with Crippen LogP contribution in [0, 0.1) is 5.92 Å². The average Bonchev–Trinajstić information content (AvgIpc) is 2.79. The third-order valence-corrected chi connectivity index (χ3v) is 5.58. The molecule has 0 saturated carbocycles. The first kappa shape index (κ1) is 30.3. The smallest absolute Gasteiger partial charge is 0.330 e. The first-order valence-electron chi connectivity index (χ1n) is 12.2. The minimum atomic E-state index is -1.02. The summed E-state index contributed by atoms with van der Waals surface area (Å²) in [4.78, 5) is 34.9. The second-order valence-electron chi connectivity index (χ2n) is 9.01. The van der Waals surface area contributed by atoms with Crippen LogP contribution in [0.5, 0.6) is 0 Å². The monoisotopic (exact) mass is 488 g/mol. The van der Waals surface area contributed by atoms with E-state index in [4.69, 9.17) is 9.47 Å². The van der Waals surface area contributed by atoms with Crippen molar-refractivity contribution in [3.63, 3.8) is 0 Å². The molecule has 7 heteroatoms. The van der Waals surface area contributed by atoms with Gasteiger partial charge in [0.1, 0.15) is 24.6 Å². The van der Waals surface area contributed by atoms with Crippen LogP contribution in [-0.4, -0.2) is 52.9 Å². The third-order valence-electron chi connectivity index (χ3n) is 5.58. The van der Waals surface area contributed by atoms with Gasteiger partial charge in [-0.3, -0.25) is 9.59 Å². The number of rotatable bonds is 4. The van der Waals surface area contributed by atoms with Crippen LogP contribution in [0.3, 0.4) is 0 Å². The molecule has 0 fully saturated rings. The second kappa shape index (κ2) is 16.8. The predicted molar refractivity (Wildman–Crippen MR) is 135 cm³/mol. The van der Waals surface area contributed by atoms with Crippen LogP contribution in [-0.2, 0) is 23.9 Å². The van der Waals surface area contributed by atoms with Gasteiger partial charge in [0.05, 0.1) is 6.10 Å². The van der Waals surface area contributed by atoms with E-state index >= 15 is 0 Å². The zero-order chi connectivity index (χ0) is 26.2. The van der Waals surface area contributed by atoms with Gasteiger partial charge in [-0.25, -0.2) is 4.79 Å². The molecule has 0 saturated heterocycles. The summed E-state index contributed by atoms with van der Waals surface area (Å²) in [5, 5.41) is 20.6. The number of allylic oxidation sites excluding steroid dienone is 5. The number of ether oxygens (including phenoxy) is 2. The van der Waals surface area contributed by atoms with Crippen LogP contribution in [0.25, 0.3) is 0 Å². The van der Waals surface area contributed by atoms with Crippen molar-refractivity contribution in [1.82, 2.24) is 0 Å². The molecule has 1 heterocycles. The topological polar surface area (TPSA) is 110 Å². The molecule has 0 aromatic carbocycles. The number of hydrogen-bond acceptors (Lipinski definition) is 7. The molecule has 5 unspecified atom stereocenters. The molecule has 0 spiro atoms. The first-order chi connectivity index (χ1) is 16.6. The molecular formula is C28H40O7. The van der Waals surface area contributed by atoms with Crippen LogP contribution in [0.4, 0.5) is 0 Å². The van der Waals surface area contributed by atoms with E-state index in [9.17, 15) is 24.6 Å². The Morgan fingerprint density at radius 2 is 1.91 bits per heavy atom. The lowest BCUT2D eigenvalue weighted by Gasteiger charge is -2.22. The van der Waals surface area contributed by atoms with E-state index in [-0.39, 0.29) is 5.92 Å². The molecule has 35 heavy (non-hydrogen) atoms. The maximum absolute atomic E-state index is 12.4. The first-order valence-corrected chi connectivity index (χ1v) is 12.2. The number of cyclic esters (lactones) is 1. The standard InChI is InChI=1S/C28H40O7/c1-20-11-7-5-9-13-26(34-23(4)30)25(32)16-15-24(31)12-8-6-10-14-28(33)35-27(18-20)22(3)17-21(2)19-29/h5,7,10-11,14-17,19,22,24-27,31-32H,6,8-9,12-13,18H2,1-4H3/b7-5+,14-10+,16-15+,20-11+,21-17+. The molecule has 0 aromatic heterocycles. The number of aliphatic hydroxyl groups is 2. The summed E-state index contributed by atoms with van der Waals surface area (Å²) in [5.41, 5.74) is 1.57. The number of carbonyl (C=O) groups is 3. The number of esters is 2. The molecule has 1 aliphatic rings. The van der Waals surface area contributed by atoms with E-state index in [2.05, 4.69) is 0 Å². The minimum Gasteiger partial charge on any atom is -0.459 e. The van der Waals surface area contributed by atoms with Gasteiger partial charge in [0.15, 0.2) is 0 Å². The summed E-state index contributed by atoms with van der Waals surface area (Å²) in [5.74, 6) is -1.08. The predicted octanol–water partition coefficient (Wildman–Crippen LogP) is 4.30. The van der Waals surface area contributed by atoms with E-state index < -0.39 is 36.4 Å². The minimum absolute atomic E-state index is 0.157. The summed E-state index contributed by atoms with van der Waals surface area (Å²) in [6, 6.07) is 0. The zero-order valence-electron chi connectivity index (χ0n) is 21.3. The van der Waals surface area contributed by atoms with Gasteiger partial charge >= 0.3 is 11.9 Å². The van der Waals surface area contributed by atoms with Crippen LogP contribution in [0.2, 0.25) is 0 Å². The molecule has 7 nitrogen and oxygen atoms in total. The Balaban J connectivity index is 3.08. The molecule has 0 bridgehead atoms. The fraction of sp³-hybridized carbons (Fsp3) is 0.536. The van der Waals surface area contributed by atoms with Crippen molar-refractivity contribution in [1.29, 1.82) is 0 Å². The average molecular weight is 489 g/mol. The Labute approximate surface area is 208 Å². The summed E-state index contributed by atoms with van der Waals surface area (Å²) in [6.45, 7) is 6.86. The number of aldehydes is 1. The molecular weight excluding hydrogens is 448 g/mol. The highest BCUT2D eigenvalue weighted by atomic mass is 16.6. The van der Waals surface area contributed by atoms with Crippen LogP contribution < -0.4 is 0 Å². The van der Waals surface area contributed by atoms with E-state index in [1.54, 1.807) is 19.1 Å². The van der Waals surface area contributed by atoms with E-state index in [1.165, 1.54) is 25.2 Å². The maximum atomic E-state index is 12.4.